The minimum atomic E-state index is 0.761. The third-order valence-electron chi connectivity index (χ3n) is 2.66. The highest BCUT2D eigenvalue weighted by Crippen LogP contribution is 2.10. The van der Waals surface area contributed by atoms with Gasteiger partial charge in [-0.1, -0.05) is 26.0 Å². The second-order valence-electron chi connectivity index (χ2n) is 4.47. The van der Waals surface area contributed by atoms with E-state index in [9.17, 15) is 0 Å². The second kappa shape index (κ2) is 6.20. The van der Waals surface area contributed by atoms with Gasteiger partial charge in [0.1, 0.15) is 0 Å². The lowest BCUT2D eigenvalue weighted by atomic mass is 10.0. The highest BCUT2D eigenvalue weighted by molar-refractivity contribution is 4.92. The Bertz CT molecular complexity index is 149. The highest BCUT2D eigenvalue weighted by Gasteiger charge is 2.07. The van der Waals surface area contributed by atoms with E-state index in [4.69, 9.17) is 0 Å². The molecule has 0 radical (unpaired) electrons. The van der Waals surface area contributed by atoms with Crippen molar-refractivity contribution in [3.05, 3.63) is 12.2 Å². The predicted molar refractivity (Wildman–Crippen MR) is 58.9 cm³/mol. The molecule has 0 bridgehead atoms. The molecule has 0 aromatic carbocycles. The summed E-state index contributed by atoms with van der Waals surface area (Å²) in [5.41, 5.74) is 0. The van der Waals surface area contributed by atoms with Crippen LogP contribution in [0.15, 0.2) is 12.2 Å². The molecular formula is C12H23N. The summed E-state index contributed by atoms with van der Waals surface area (Å²) in [5.74, 6) is 0.855. The van der Waals surface area contributed by atoms with Crippen molar-refractivity contribution in [2.45, 2.75) is 52.0 Å². The zero-order chi connectivity index (χ0) is 9.52. The number of allylic oxidation sites excluding steroid dienone is 1. The molecule has 1 atom stereocenters. The molecule has 0 aliphatic heterocycles. The van der Waals surface area contributed by atoms with Gasteiger partial charge in [-0.2, -0.15) is 0 Å². The van der Waals surface area contributed by atoms with Crippen molar-refractivity contribution in [2.24, 2.45) is 5.92 Å². The lowest BCUT2D eigenvalue weighted by molar-refractivity contribution is 0.448. The van der Waals surface area contributed by atoms with Crippen LogP contribution in [0.4, 0.5) is 0 Å². The Labute approximate surface area is 82.6 Å². The van der Waals surface area contributed by atoms with Gasteiger partial charge < -0.3 is 5.32 Å². The van der Waals surface area contributed by atoms with Gasteiger partial charge in [0.05, 0.1) is 0 Å². The van der Waals surface area contributed by atoms with Crippen LogP contribution in [-0.4, -0.2) is 12.6 Å². The summed E-state index contributed by atoms with van der Waals surface area (Å²) in [6, 6.07) is 0.761. The van der Waals surface area contributed by atoms with Crippen LogP contribution in [0.1, 0.15) is 46.0 Å². The van der Waals surface area contributed by atoms with E-state index in [2.05, 4.69) is 31.3 Å². The maximum Gasteiger partial charge on any atom is 0.0104 e. The van der Waals surface area contributed by atoms with E-state index in [0.29, 0.717) is 0 Å². The SMILES string of the molecule is CC(C)CCCNC1CC=CCC1. The molecule has 0 amide bonds. The van der Waals surface area contributed by atoms with Crippen LogP contribution in [0.5, 0.6) is 0 Å². The van der Waals surface area contributed by atoms with Crippen molar-refractivity contribution in [1.29, 1.82) is 0 Å². The molecule has 0 saturated carbocycles. The van der Waals surface area contributed by atoms with E-state index in [1.807, 2.05) is 0 Å². The molecule has 1 unspecified atom stereocenters. The zero-order valence-electron chi connectivity index (χ0n) is 9.05. The maximum atomic E-state index is 3.63. The number of nitrogens with one attached hydrogen (secondary N) is 1. The lowest BCUT2D eigenvalue weighted by Gasteiger charge is -2.19. The van der Waals surface area contributed by atoms with Crippen LogP contribution in [-0.2, 0) is 0 Å². The molecule has 1 nitrogen and oxygen atoms in total. The normalized spacial score (nSPS) is 22.5. The predicted octanol–water partition coefficient (Wildman–Crippen LogP) is 3.12. The zero-order valence-corrected chi connectivity index (χ0v) is 9.05. The Morgan fingerprint density at radius 2 is 2.23 bits per heavy atom. The fourth-order valence-electron chi connectivity index (χ4n) is 1.80. The first-order valence-corrected chi connectivity index (χ1v) is 5.67. The molecule has 1 aliphatic carbocycles. The summed E-state index contributed by atoms with van der Waals surface area (Å²) in [6.45, 7) is 5.80. The third-order valence-corrected chi connectivity index (χ3v) is 2.66. The minimum absolute atomic E-state index is 0.761. The van der Waals surface area contributed by atoms with E-state index in [1.54, 1.807) is 0 Å². The van der Waals surface area contributed by atoms with Crippen molar-refractivity contribution in [2.75, 3.05) is 6.54 Å². The molecular weight excluding hydrogens is 158 g/mol. The molecule has 0 spiro atoms. The number of hydrogen-bond acceptors (Lipinski definition) is 1. The molecule has 1 aliphatic rings. The Hall–Kier alpha value is -0.300. The molecule has 1 N–H and O–H groups in total. The van der Waals surface area contributed by atoms with E-state index in [-0.39, 0.29) is 0 Å². The summed E-state index contributed by atoms with van der Waals surface area (Å²) in [6.07, 6.45) is 11.1. The van der Waals surface area contributed by atoms with Gasteiger partial charge in [0.25, 0.3) is 0 Å². The first-order chi connectivity index (χ1) is 6.29. The van der Waals surface area contributed by atoms with Gasteiger partial charge >= 0.3 is 0 Å². The van der Waals surface area contributed by atoms with Gasteiger partial charge in [-0.3, -0.25) is 0 Å². The van der Waals surface area contributed by atoms with Crippen molar-refractivity contribution >= 4 is 0 Å². The van der Waals surface area contributed by atoms with Crippen LogP contribution >= 0.6 is 0 Å². The molecule has 0 aromatic heterocycles. The minimum Gasteiger partial charge on any atom is -0.314 e. The highest BCUT2D eigenvalue weighted by atomic mass is 14.9. The monoisotopic (exact) mass is 181 g/mol. The van der Waals surface area contributed by atoms with E-state index >= 15 is 0 Å². The van der Waals surface area contributed by atoms with Crippen molar-refractivity contribution in [1.82, 2.24) is 5.32 Å². The average molecular weight is 181 g/mol. The standard InChI is InChI=1S/C12H23N/c1-11(2)7-6-10-13-12-8-4-3-5-9-12/h3-4,11-13H,5-10H2,1-2H3. The summed E-state index contributed by atoms with van der Waals surface area (Å²) in [7, 11) is 0. The summed E-state index contributed by atoms with van der Waals surface area (Å²) < 4.78 is 0. The second-order valence-corrected chi connectivity index (χ2v) is 4.47. The van der Waals surface area contributed by atoms with E-state index in [0.717, 1.165) is 12.0 Å². The third kappa shape index (κ3) is 5.09. The molecule has 13 heavy (non-hydrogen) atoms. The van der Waals surface area contributed by atoms with Crippen molar-refractivity contribution in [3.8, 4) is 0 Å². The van der Waals surface area contributed by atoms with E-state index in [1.165, 1.54) is 38.6 Å². The molecule has 0 heterocycles. The first kappa shape index (κ1) is 10.8. The molecule has 1 heteroatoms. The Morgan fingerprint density at radius 1 is 1.38 bits per heavy atom. The Balaban J connectivity index is 1.96. The van der Waals surface area contributed by atoms with Crippen LogP contribution in [0.2, 0.25) is 0 Å². The summed E-state index contributed by atoms with van der Waals surface area (Å²) in [4.78, 5) is 0. The Morgan fingerprint density at radius 3 is 2.85 bits per heavy atom. The first-order valence-electron chi connectivity index (χ1n) is 5.67. The molecule has 76 valence electrons. The van der Waals surface area contributed by atoms with Crippen LogP contribution in [0.3, 0.4) is 0 Å². The van der Waals surface area contributed by atoms with Gasteiger partial charge in [0.15, 0.2) is 0 Å². The molecule has 0 fully saturated rings. The van der Waals surface area contributed by atoms with Crippen LogP contribution in [0.25, 0.3) is 0 Å². The molecule has 0 saturated heterocycles. The van der Waals surface area contributed by atoms with Crippen LogP contribution < -0.4 is 5.32 Å². The topological polar surface area (TPSA) is 12.0 Å². The number of rotatable bonds is 5. The molecule has 1 rings (SSSR count). The van der Waals surface area contributed by atoms with Gasteiger partial charge in [0.2, 0.25) is 0 Å². The van der Waals surface area contributed by atoms with Crippen LogP contribution in [0, 0.1) is 5.92 Å². The largest absolute Gasteiger partial charge is 0.314 e. The fraction of sp³-hybridized carbons (Fsp3) is 0.833. The van der Waals surface area contributed by atoms with Gasteiger partial charge in [0, 0.05) is 6.04 Å². The van der Waals surface area contributed by atoms with Gasteiger partial charge in [-0.05, 0) is 44.6 Å². The van der Waals surface area contributed by atoms with Gasteiger partial charge in [-0.15, -0.1) is 0 Å². The summed E-state index contributed by atoms with van der Waals surface area (Å²) >= 11 is 0. The van der Waals surface area contributed by atoms with E-state index < -0.39 is 0 Å². The van der Waals surface area contributed by atoms with Crippen molar-refractivity contribution < 1.29 is 0 Å². The average Bonchev–Trinajstić information content (AvgIpc) is 2.14. The quantitative estimate of drug-likeness (QED) is 0.507. The maximum absolute atomic E-state index is 3.63. The lowest BCUT2D eigenvalue weighted by Crippen LogP contribution is -2.30. The molecule has 0 aromatic rings. The smallest absolute Gasteiger partial charge is 0.0104 e. The van der Waals surface area contributed by atoms with Crippen molar-refractivity contribution in [3.63, 3.8) is 0 Å². The van der Waals surface area contributed by atoms with Gasteiger partial charge in [-0.25, -0.2) is 0 Å². The Kier molecular flexibility index (Phi) is 5.14. The number of hydrogen-bond donors (Lipinski definition) is 1. The summed E-state index contributed by atoms with van der Waals surface area (Å²) in [5, 5.41) is 3.63. The fourth-order valence-corrected chi connectivity index (χ4v) is 1.80.